The van der Waals surface area contributed by atoms with E-state index >= 15 is 0 Å². The maximum atomic E-state index is 10.8. The molecule has 1 amide bonds. The van der Waals surface area contributed by atoms with Gasteiger partial charge in [0.25, 0.3) is 0 Å². The van der Waals surface area contributed by atoms with Gasteiger partial charge in [0, 0.05) is 6.54 Å². The molecule has 3 N–H and O–H groups in total. The average Bonchev–Trinajstić information content (AvgIpc) is 2.03. The number of likely N-dealkylation sites (N-methyl/N-ethyl adjacent to an activating group) is 1. The molecule has 76 valence electrons. The molecule has 13 heavy (non-hydrogen) atoms. The first-order valence-corrected chi connectivity index (χ1v) is 3.87. The van der Waals surface area contributed by atoms with E-state index in [1.54, 1.807) is 7.05 Å². The fraction of sp³-hybridized carbons (Fsp3) is 0.714. The number of amides is 1. The Hall–Kier alpha value is -1.14. The van der Waals surface area contributed by atoms with Crippen molar-refractivity contribution < 1.29 is 19.4 Å². The molecule has 0 heterocycles. The van der Waals surface area contributed by atoms with Crippen molar-refractivity contribution in [3.05, 3.63) is 0 Å². The molecule has 0 aromatic heterocycles. The summed E-state index contributed by atoms with van der Waals surface area (Å²) in [5.74, 6) is -1.15. The average molecular weight is 190 g/mol. The Bertz CT molecular complexity index is 172. The summed E-state index contributed by atoms with van der Waals surface area (Å²) >= 11 is 0. The van der Waals surface area contributed by atoms with Crippen molar-refractivity contribution in [1.29, 1.82) is 0 Å². The highest BCUT2D eigenvalue weighted by atomic mass is 16.5. The summed E-state index contributed by atoms with van der Waals surface area (Å²) in [5.41, 5.74) is 0. The minimum absolute atomic E-state index is 0.138. The number of carboxylic acid groups (broad SMARTS) is 1. The summed E-state index contributed by atoms with van der Waals surface area (Å²) in [7, 11) is 1.67. The van der Waals surface area contributed by atoms with Crippen molar-refractivity contribution >= 4 is 11.9 Å². The lowest BCUT2D eigenvalue weighted by atomic mass is 10.5. The van der Waals surface area contributed by atoms with Crippen LogP contribution in [-0.4, -0.2) is 50.3 Å². The smallest absolute Gasteiger partial charge is 0.329 e. The number of hydrogen-bond donors (Lipinski definition) is 3. The summed E-state index contributed by atoms with van der Waals surface area (Å²) < 4.78 is 4.69. The first kappa shape index (κ1) is 11.9. The fourth-order valence-electron chi connectivity index (χ4n) is 0.645. The van der Waals surface area contributed by atoms with Gasteiger partial charge in [0.05, 0.1) is 13.2 Å². The Balaban J connectivity index is 3.16. The lowest BCUT2D eigenvalue weighted by Gasteiger charge is -2.03. The highest BCUT2D eigenvalue weighted by Crippen LogP contribution is 1.73. The van der Waals surface area contributed by atoms with Crippen molar-refractivity contribution in [2.24, 2.45) is 0 Å². The van der Waals surface area contributed by atoms with Gasteiger partial charge in [-0.1, -0.05) is 0 Å². The maximum absolute atomic E-state index is 10.8. The molecule has 0 rings (SSSR count). The van der Waals surface area contributed by atoms with Crippen LogP contribution in [-0.2, 0) is 14.3 Å². The summed E-state index contributed by atoms with van der Waals surface area (Å²) in [4.78, 5) is 20.8. The molecule has 0 aliphatic carbocycles. The van der Waals surface area contributed by atoms with Gasteiger partial charge in [-0.15, -0.1) is 0 Å². The summed E-state index contributed by atoms with van der Waals surface area (Å²) in [6, 6.07) is 0. The molecule has 0 radical (unpaired) electrons. The van der Waals surface area contributed by atoms with E-state index in [1.165, 1.54) is 0 Å². The van der Waals surface area contributed by atoms with E-state index in [0.29, 0.717) is 6.54 Å². The Labute approximate surface area is 76.3 Å². The molecule has 0 saturated heterocycles. The predicted molar refractivity (Wildman–Crippen MR) is 45.4 cm³/mol. The van der Waals surface area contributed by atoms with Crippen LogP contribution in [0.15, 0.2) is 0 Å². The van der Waals surface area contributed by atoms with Crippen LogP contribution in [0.4, 0.5) is 0 Å². The number of carboxylic acids is 1. The molecule has 6 nitrogen and oxygen atoms in total. The van der Waals surface area contributed by atoms with Crippen LogP contribution >= 0.6 is 0 Å². The number of ether oxygens (including phenoxy) is 1. The van der Waals surface area contributed by atoms with E-state index < -0.39 is 5.97 Å². The summed E-state index contributed by atoms with van der Waals surface area (Å²) in [6.45, 7) is 0.455. The van der Waals surface area contributed by atoms with Crippen LogP contribution < -0.4 is 10.6 Å². The van der Waals surface area contributed by atoms with Gasteiger partial charge in [-0.05, 0) is 7.05 Å². The lowest BCUT2D eigenvalue weighted by Crippen LogP contribution is -2.34. The van der Waals surface area contributed by atoms with Crippen molar-refractivity contribution in [3.63, 3.8) is 0 Å². The molecule has 0 aliphatic rings. The lowest BCUT2D eigenvalue weighted by molar-refractivity contribution is -0.142. The second-order valence-electron chi connectivity index (χ2n) is 2.33. The zero-order valence-electron chi connectivity index (χ0n) is 7.50. The quantitative estimate of drug-likeness (QED) is 0.422. The van der Waals surface area contributed by atoms with Crippen LogP contribution in [0.1, 0.15) is 0 Å². The van der Waals surface area contributed by atoms with E-state index in [1.807, 2.05) is 0 Å². The van der Waals surface area contributed by atoms with E-state index in [9.17, 15) is 9.59 Å². The van der Waals surface area contributed by atoms with Gasteiger partial charge in [-0.3, -0.25) is 4.79 Å². The van der Waals surface area contributed by atoms with Gasteiger partial charge in [0.1, 0.15) is 6.61 Å². The van der Waals surface area contributed by atoms with Gasteiger partial charge in [0.2, 0.25) is 5.91 Å². The standard InChI is InChI=1S/C7H14N2O4/c1-8-4-6(10)9-2-3-13-5-7(11)12/h8H,2-5H2,1H3,(H,9,10)(H,11,12). The molecule has 0 saturated carbocycles. The van der Waals surface area contributed by atoms with Gasteiger partial charge >= 0.3 is 5.97 Å². The topological polar surface area (TPSA) is 87.7 Å². The van der Waals surface area contributed by atoms with Crippen molar-refractivity contribution in [2.45, 2.75) is 0 Å². The Morgan fingerprint density at radius 2 is 2.15 bits per heavy atom. The highest BCUT2D eigenvalue weighted by molar-refractivity contribution is 5.77. The van der Waals surface area contributed by atoms with Crippen LogP contribution in [0.3, 0.4) is 0 Å². The minimum Gasteiger partial charge on any atom is -0.480 e. The minimum atomic E-state index is -1.01. The number of rotatable bonds is 7. The number of nitrogens with one attached hydrogen (secondary N) is 2. The monoisotopic (exact) mass is 190 g/mol. The Morgan fingerprint density at radius 3 is 2.69 bits per heavy atom. The molecular formula is C7H14N2O4. The molecule has 6 heteroatoms. The Kier molecular flexibility index (Phi) is 6.85. The number of aliphatic carboxylic acids is 1. The largest absolute Gasteiger partial charge is 0.480 e. The zero-order valence-corrected chi connectivity index (χ0v) is 7.50. The van der Waals surface area contributed by atoms with Gasteiger partial charge < -0.3 is 20.5 Å². The zero-order chi connectivity index (χ0) is 10.1. The van der Waals surface area contributed by atoms with Crippen molar-refractivity contribution in [1.82, 2.24) is 10.6 Å². The summed E-state index contributed by atoms with van der Waals surface area (Å²) in [6.07, 6.45) is 0. The molecular weight excluding hydrogens is 176 g/mol. The van der Waals surface area contributed by atoms with Crippen LogP contribution in [0.2, 0.25) is 0 Å². The third kappa shape index (κ3) is 8.77. The molecule has 0 spiro atoms. The van der Waals surface area contributed by atoms with Crippen molar-refractivity contribution in [2.75, 3.05) is 33.4 Å². The molecule has 0 unspecified atom stereocenters. The second-order valence-corrected chi connectivity index (χ2v) is 2.33. The fourth-order valence-corrected chi connectivity index (χ4v) is 0.645. The number of hydrogen-bond acceptors (Lipinski definition) is 4. The molecule has 0 bridgehead atoms. The molecule has 0 atom stereocenters. The van der Waals surface area contributed by atoms with Crippen LogP contribution in [0.25, 0.3) is 0 Å². The SMILES string of the molecule is CNCC(=O)NCCOCC(=O)O. The van der Waals surface area contributed by atoms with E-state index in [0.717, 1.165) is 0 Å². The maximum Gasteiger partial charge on any atom is 0.329 e. The van der Waals surface area contributed by atoms with Gasteiger partial charge in [0.15, 0.2) is 0 Å². The predicted octanol–water partition coefficient (Wildman–Crippen LogP) is -1.58. The van der Waals surface area contributed by atoms with Gasteiger partial charge in [-0.25, -0.2) is 4.79 Å². The number of carbonyl (C=O) groups excluding carboxylic acids is 1. The summed E-state index contributed by atoms with van der Waals surface area (Å²) in [5, 5.41) is 13.4. The molecule has 0 aliphatic heterocycles. The third-order valence-corrected chi connectivity index (χ3v) is 1.13. The van der Waals surface area contributed by atoms with E-state index in [4.69, 9.17) is 5.11 Å². The second kappa shape index (κ2) is 7.51. The molecule has 0 fully saturated rings. The highest BCUT2D eigenvalue weighted by Gasteiger charge is 1.98. The van der Waals surface area contributed by atoms with E-state index in [-0.39, 0.29) is 25.7 Å². The molecule has 0 aromatic rings. The first-order valence-electron chi connectivity index (χ1n) is 3.87. The van der Waals surface area contributed by atoms with Crippen LogP contribution in [0, 0.1) is 0 Å². The van der Waals surface area contributed by atoms with Crippen LogP contribution in [0.5, 0.6) is 0 Å². The van der Waals surface area contributed by atoms with E-state index in [2.05, 4.69) is 15.4 Å². The molecule has 0 aromatic carbocycles. The third-order valence-electron chi connectivity index (χ3n) is 1.13. The number of carbonyl (C=O) groups is 2. The van der Waals surface area contributed by atoms with Gasteiger partial charge in [-0.2, -0.15) is 0 Å². The Morgan fingerprint density at radius 1 is 1.46 bits per heavy atom. The first-order chi connectivity index (χ1) is 6.16. The van der Waals surface area contributed by atoms with Crippen molar-refractivity contribution in [3.8, 4) is 0 Å². The normalized spacial score (nSPS) is 9.62.